The van der Waals surface area contributed by atoms with Gasteiger partial charge in [-0.1, -0.05) is 59.6 Å². The van der Waals surface area contributed by atoms with Crippen LogP contribution in [0.2, 0.25) is 10.0 Å². The molecule has 0 saturated carbocycles. The summed E-state index contributed by atoms with van der Waals surface area (Å²) in [5, 5.41) is 10.4. The minimum Gasteiger partial charge on any atom is -0.504 e. The number of phenolic OH excluding ortho intramolecular Hbond substituents is 1. The van der Waals surface area contributed by atoms with Gasteiger partial charge in [-0.25, -0.2) is 4.98 Å². The van der Waals surface area contributed by atoms with Gasteiger partial charge in [0.1, 0.15) is 0 Å². The highest BCUT2D eigenvalue weighted by Crippen LogP contribution is 2.37. The van der Waals surface area contributed by atoms with E-state index in [0.717, 1.165) is 5.56 Å². The molecule has 26 heavy (non-hydrogen) atoms. The van der Waals surface area contributed by atoms with Crippen molar-refractivity contribution >= 4 is 35.1 Å². The van der Waals surface area contributed by atoms with E-state index in [0.29, 0.717) is 0 Å². The SMILES string of the molecule is O=C(C=Cc1ccccc1)c1cccnc1Oc1cc(Cl)c(Cl)cc1O. The Morgan fingerprint density at radius 1 is 1.04 bits per heavy atom. The summed E-state index contributed by atoms with van der Waals surface area (Å²) in [6.07, 6.45) is 4.63. The Kier molecular flexibility index (Phi) is 5.56. The van der Waals surface area contributed by atoms with Crippen molar-refractivity contribution in [1.29, 1.82) is 0 Å². The van der Waals surface area contributed by atoms with E-state index in [1.54, 1.807) is 18.2 Å². The molecule has 0 aliphatic heterocycles. The zero-order valence-electron chi connectivity index (χ0n) is 13.4. The molecule has 0 aliphatic rings. The number of hydrogen-bond acceptors (Lipinski definition) is 4. The summed E-state index contributed by atoms with van der Waals surface area (Å²) < 4.78 is 5.59. The third kappa shape index (κ3) is 4.23. The van der Waals surface area contributed by atoms with Crippen molar-refractivity contribution in [3.63, 3.8) is 0 Å². The fraction of sp³-hybridized carbons (Fsp3) is 0. The second-order valence-electron chi connectivity index (χ2n) is 5.30. The van der Waals surface area contributed by atoms with E-state index in [9.17, 15) is 9.90 Å². The maximum absolute atomic E-state index is 12.5. The predicted molar refractivity (Wildman–Crippen MR) is 102 cm³/mol. The first kappa shape index (κ1) is 18.0. The molecule has 3 rings (SSSR count). The molecule has 2 aromatic carbocycles. The van der Waals surface area contributed by atoms with Crippen LogP contribution in [0.5, 0.6) is 17.4 Å². The molecule has 0 radical (unpaired) electrons. The van der Waals surface area contributed by atoms with Crippen molar-refractivity contribution in [3.05, 3.63) is 88.0 Å². The number of ketones is 1. The fourth-order valence-electron chi connectivity index (χ4n) is 2.19. The highest BCUT2D eigenvalue weighted by atomic mass is 35.5. The van der Waals surface area contributed by atoms with E-state index in [2.05, 4.69) is 4.98 Å². The average Bonchev–Trinajstić information content (AvgIpc) is 2.65. The number of phenols is 1. The van der Waals surface area contributed by atoms with Gasteiger partial charge in [-0.05, 0) is 23.8 Å². The van der Waals surface area contributed by atoms with E-state index in [1.807, 2.05) is 30.3 Å². The molecule has 1 heterocycles. The molecule has 0 atom stereocenters. The third-order valence-electron chi connectivity index (χ3n) is 3.47. The number of rotatable bonds is 5. The van der Waals surface area contributed by atoms with Crippen LogP contribution >= 0.6 is 23.2 Å². The molecule has 1 N–H and O–H groups in total. The van der Waals surface area contributed by atoms with Crippen molar-refractivity contribution < 1.29 is 14.6 Å². The lowest BCUT2D eigenvalue weighted by Crippen LogP contribution is -2.00. The van der Waals surface area contributed by atoms with Crippen molar-refractivity contribution in [2.75, 3.05) is 0 Å². The number of ether oxygens (including phenoxy) is 1. The van der Waals surface area contributed by atoms with Gasteiger partial charge in [-0.3, -0.25) is 4.79 Å². The smallest absolute Gasteiger partial charge is 0.230 e. The highest BCUT2D eigenvalue weighted by molar-refractivity contribution is 6.42. The number of aromatic nitrogens is 1. The first-order valence-electron chi connectivity index (χ1n) is 7.63. The maximum Gasteiger partial charge on any atom is 0.230 e. The van der Waals surface area contributed by atoms with Gasteiger partial charge in [0.2, 0.25) is 5.88 Å². The fourth-order valence-corrected chi connectivity index (χ4v) is 2.50. The second-order valence-corrected chi connectivity index (χ2v) is 6.11. The Labute approximate surface area is 160 Å². The predicted octanol–water partition coefficient (Wildman–Crippen LogP) is 5.78. The number of benzene rings is 2. The van der Waals surface area contributed by atoms with E-state index in [4.69, 9.17) is 27.9 Å². The summed E-state index contributed by atoms with van der Waals surface area (Å²) in [6.45, 7) is 0. The van der Waals surface area contributed by atoms with Crippen LogP contribution in [0, 0.1) is 0 Å². The first-order valence-corrected chi connectivity index (χ1v) is 8.38. The monoisotopic (exact) mass is 385 g/mol. The van der Waals surface area contributed by atoms with Crippen LogP contribution in [-0.2, 0) is 0 Å². The summed E-state index contributed by atoms with van der Waals surface area (Å²) >= 11 is 11.8. The first-order chi connectivity index (χ1) is 12.5. The zero-order chi connectivity index (χ0) is 18.5. The lowest BCUT2D eigenvalue weighted by molar-refractivity contribution is 0.104. The second kappa shape index (κ2) is 8.04. The molecule has 6 heteroatoms. The van der Waals surface area contributed by atoms with Crippen LogP contribution in [0.15, 0.2) is 66.9 Å². The lowest BCUT2D eigenvalue weighted by atomic mass is 10.1. The Balaban J connectivity index is 1.88. The maximum atomic E-state index is 12.5. The molecule has 0 fully saturated rings. The number of nitrogens with zero attached hydrogens (tertiary/aromatic N) is 1. The van der Waals surface area contributed by atoms with Crippen LogP contribution in [-0.4, -0.2) is 15.9 Å². The number of allylic oxidation sites excluding steroid dienone is 1. The van der Waals surface area contributed by atoms with Crippen LogP contribution < -0.4 is 4.74 Å². The minimum absolute atomic E-state index is 0.0548. The number of carbonyl (C=O) groups is 1. The molecule has 0 saturated heterocycles. The van der Waals surface area contributed by atoms with E-state index >= 15 is 0 Å². The summed E-state index contributed by atoms with van der Waals surface area (Å²) in [6, 6.07) is 15.3. The van der Waals surface area contributed by atoms with Gasteiger partial charge in [0.05, 0.1) is 15.6 Å². The largest absolute Gasteiger partial charge is 0.504 e. The van der Waals surface area contributed by atoms with Crippen molar-refractivity contribution in [1.82, 2.24) is 4.98 Å². The summed E-state index contributed by atoms with van der Waals surface area (Å²) in [4.78, 5) is 16.6. The van der Waals surface area contributed by atoms with Gasteiger partial charge in [-0.2, -0.15) is 0 Å². The Bertz CT molecular complexity index is 972. The van der Waals surface area contributed by atoms with Crippen molar-refractivity contribution in [2.24, 2.45) is 0 Å². The lowest BCUT2D eigenvalue weighted by Gasteiger charge is -2.10. The Morgan fingerprint density at radius 3 is 2.54 bits per heavy atom. The zero-order valence-corrected chi connectivity index (χ0v) is 14.9. The molecule has 0 spiro atoms. The number of carbonyl (C=O) groups excluding carboxylic acids is 1. The number of hydrogen-bond donors (Lipinski definition) is 1. The molecule has 0 bridgehead atoms. The van der Waals surface area contributed by atoms with Crippen LogP contribution in [0.4, 0.5) is 0 Å². The van der Waals surface area contributed by atoms with E-state index in [-0.39, 0.29) is 38.8 Å². The molecule has 0 aliphatic carbocycles. The van der Waals surface area contributed by atoms with E-state index in [1.165, 1.54) is 24.4 Å². The van der Waals surface area contributed by atoms with Gasteiger partial charge in [0, 0.05) is 18.3 Å². The number of halogens is 2. The summed E-state index contributed by atoms with van der Waals surface area (Å²) in [5.41, 5.74) is 1.15. The molecule has 1 aromatic heterocycles. The minimum atomic E-state index is -0.281. The molecule has 130 valence electrons. The molecular formula is C20H13Cl2NO3. The van der Waals surface area contributed by atoms with Gasteiger partial charge >= 0.3 is 0 Å². The Morgan fingerprint density at radius 2 is 1.77 bits per heavy atom. The van der Waals surface area contributed by atoms with Crippen LogP contribution in [0.25, 0.3) is 6.08 Å². The molecular weight excluding hydrogens is 373 g/mol. The van der Waals surface area contributed by atoms with Crippen LogP contribution in [0.3, 0.4) is 0 Å². The van der Waals surface area contributed by atoms with Gasteiger partial charge in [0.25, 0.3) is 0 Å². The topological polar surface area (TPSA) is 59.4 Å². The number of aromatic hydroxyl groups is 1. The average molecular weight is 386 g/mol. The summed E-state index contributed by atoms with van der Waals surface area (Å²) in [5.74, 6) is -0.372. The van der Waals surface area contributed by atoms with Gasteiger partial charge < -0.3 is 9.84 Å². The normalized spacial score (nSPS) is 10.8. The highest BCUT2D eigenvalue weighted by Gasteiger charge is 2.15. The number of pyridine rings is 1. The standard InChI is InChI=1S/C20H13Cl2NO3/c21-15-11-18(25)19(12-16(15)22)26-20-14(7-4-10-23-20)17(24)9-8-13-5-2-1-3-6-13/h1-12,25H. The molecule has 0 unspecified atom stereocenters. The van der Waals surface area contributed by atoms with Crippen molar-refractivity contribution in [3.8, 4) is 17.4 Å². The van der Waals surface area contributed by atoms with Gasteiger partial charge in [0.15, 0.2) is 17.3 Å². The summed E-state index contributed by atoms with van der Waals surface area (Å²) in [7, 11) is 0. The third-order valence-corrected chi connectivity index (χ3v) is 4.19. The van der Waals surface area contributed by atoms with Gasteiger partial charge in [-0.15, -0.1) is 0 Å². The van der Waals surface area contributed by atoms with E-state index < -0.39 is 0 Å². The molecule has 0 amide bonds. The Hall–Kier alpha value is -2.82. The molecule has 4 nitrogen and oxygen atoms in total. The van der Waals surface area contributed by atoms with Crippen LogP contribution in [0.1, 0.15) is 15.9 Å². The quantitative estimate of drug-likeness (QED) is 0.446. The van der Waals surface area contributed by atoms with Crippen molar-refractivity contribution in [2.45, 2.75) is 0 Å². The molecule has 3 aromatic rings.